The van der Waals surface area contributed by atoms with Gasteiger partial charge in [0.25, 0.3) is 0 Å². The molecule has 1 aromatic heterocycles. The second-order valence-corrected chi connectivity index (χ2v) is 7.61. The fourth-order valence-corrected chi connectivity index (χ4v) is 3.69. The first-order chi connectivity index (χ1) is 15.4. The lowest BCUT2D eigenvalue weighted by atomic mass is 10.1. The lowest BCUT2D eigenvalue weighted by Gasteiger charge is -2.09. The first kappa shape index (κ1) is 20.9. The van der Waals surface area contributed by atoms with Gasteiger partial charge in [-0.15, -0.1) is 0 Å². The molecule has 0 atom stereocenters. The summed E-state index contributed by atoms with van der Waals surface area (Å²) < 4.78 is 3.39. The first-order valence-corrected chi connectivity index (χ1v) is 10.1. The summed E-state index contributed by atoms with van der Waals surface area (Å²) in [4.78, 5) is 13.4. The summed E-state index contributed by atoms with van der Waals surface area (Å²) in [6.07, 6.45) is 1.85. The van der Waals surface area contributed by atoms with E-state index in [0.29, 0.717) is 24.2 Å². The molecular formula is C25H24N6O. The van der Waals surface area contributed by atoms with Crippen LogP contribution in [-0.2, 0) is 13.1 Å². The predicted octanol–water partition coefficient (Wildman–Crippen LogP) is 2.98. The molecule has 7 heteroatoms. The molecule has 0 radical (unpaired) electrons. The zero-order chi connectivity index (χ0) is 22.7. The molecule has 0 spiro atoms. The van der Waals surface area contributed by atoms with Crippen molar-refractivity contribution in [3.8, 4) is 11.3 Å². The molecule has 0 aliphatic heterocycles. The zero-order valence-corrected chi connectivity index (χ0v) is 17.5. The number of hydrogen-bond acceptors (Lipinski definition) is 3. The average Bonchev–Trinajstić information content (AvgIpc) is 3.10. The van der Waals surface area contributed by atoms with Crippen LogP contribution in [0.1, 0.15) is 22.3 Å². The van der Waals surface area contributed by atoms with Crippen molar-refractivity contribution in [1.82, 2.24) is 9.13 Å². The Labute approximate surface area is 185 Å². The van der Waals surface area contributed by atoms with E-state index < -0.39 is 0 Å². The van der Waals surface area contributed by atoms with Gasteiger partial charge in [-0.05, 0) is 28.8 Å². The third-order valence-electron chi connectivity index (χ3n) is 5.28. The minimum Gasteiger partial charge on any atom is -0.384 e. The van der Waals surface area contributed by atoms with Crippen LogP contribution in [0.4, 0.5) is 0 Å². The van der Waals surface area contributed by atoms with E-state index in [1.807, 2.05) is 72.9 Å². The van der Waals surface area contributed by atoms with Crippen LogP contribution in [0.3, 0.4) is 0 Å². The van der Waals surface area contributed by atoms with Crippen molar-refractivity contribution in [3.05, 3.63) is 118 Å². The van der Waals surface area contributed by atoms with E-state index in [0.717, 1.165) is 22.4 Å². The number of nitrogen functional groups attached to an aromatic ring is 2. The molecule has 0 amide bonds. The molecule has 1 heterocycles. The van der Waals surface area contributed by atoms with Crippen molar-refractivity contribution in [2.75, 3.05) is 0 Å². The molecule has 7 nitrogen and oxygen atoms in total. The molecule has 0 saturated carbocycles. The summed E-state index contributed by atoms with van der Waals surface area (Å²) in [7, 11) is 0. The van der Waals surface area contributed by atoms with E-state index in [-0.39, 0.29) is 17.4 Å². The largest absolute Gasteiger partial charge is 0.384 e. The molecule has 4 aromatic rings. The molecule has 0 saturated heterocycles. The Hall–Kier alpha value is -4.39. The van der Waals surface area contributed by atoms with Crippen LogP contribution in [0.25, 0.3) is 11.3 Å². The van der Waals surface area contributed by atoms with Gasteiger partial charge < -0.3 is 11.5 Å². The van der Waals surface area contributed by atoms with Gasteiger partial charge in [0.1, 0.15) is 11.7 Å². The summed E-state index contributed by atoms with van der Waals surface area (Å²) in [6, 6.07) is 24.5. The molecular weight excluding hydrogens is 400 g/mol. The van der Waals surface area contributed by atoms with Crippen LogP contribution >= 0.6 is 0 Å². The van der Waals surface area contributed by atoms with Gasteiger partial charge >= 0.3 is 5.69 Å². The molecule has 3 aromatic carbocycles. The Bertz CT molecular complexity index is 1350. The van der Waals surface area contributed by atoms with Crippen LogP contribution in [-0.4, -0.2) is 20.8 Å². The quantitative estimate of drug-likeness (QED) is 0.269. The van der Waals surface area contributed by atoms with E-state index in [1.165, 1.54) is 0 Å². The normalized spacial score (nSPS) is 10.8. The Balaban J connectivity index is 1.77. The fraction of sp³-hybridized carbons (Fsp3) is 0.0800. The van der Waals surface area contributed by atoms with Gasteiger partial charge in [-0.2, -0.15) is 0 Å². The van der Waals surface area contributed by atoms with Crippen molar-refractivity contribution >= 4 is 11.7 Å². The highest BCUT2D eigenvalue weighted by Gasteiger charge is 2.14. The van der Waals surface area contributed by atoms with Crippen molar-refractivity contribution < 1.29 is 0 Å². The monoisotopic (exact) mass is 424 g/mol. The van der Waals surface area contributed by atoms with Crippen LogP contribution in [0.5, 0.6) is 0 Å². The van der Waals surface area contributed by atoms with Crippen LogP contribution in [0, 0.1) is 10.8 Å². The highest BCUT2D eigenvalue weighted by Crippen LogP contribution is 2.20. The molecule has 160 valence electrons. The van der Waals surface area contributed by atoms with E-state index in [4.69, 9.17) is 22.3 Å². The Morgan fingerprint density at radius 3 is 1.88 bits per heavy atom. The van der Waals surface area contributed by atoms with E-state index in [1.54, 1.807) is 21.3 Å². The smallest absolute Gasteiger partial charge is 0.329 e. The van der Waals surface area contributed by atoms with Crippen molar-refractivity contribution in [3.63, 3.8) is 0 Å². The maximum absolute atomic E-state index is 13.4. The molecule has 0 bridgehead atoms. The van der Waals surface area contributed by atoms with Gasteiger partial charge in [0.05, 0.1) is 18.8 Å². The minimum atomic E-state index is -0.148. The second kappa shape index (κ2) is 8.77. The van der Waals surface area contributed by atoms with Gasteiger partial charge in [0.2, 0.25) is 0 Å². The lowest BCUT2D eigenvalue weighted by molar-refractivity contribution is 0.686. The number of amidine groups is 2. The van der Waals surface area contributed by atoms with Gasteiger partial charge in [0, 0.05) is 17.3 Å². The molecule has 0 aliphatic carbocycles. The van der Waals surface area contributed by atoms with Gasteiger partial charge in [-0.3, -0.25) is 20.0 Å². The number of hydrogen-bond donors (Lipinski definition) is 4. The third-order valence-corrected chi connectivity index (χ3v) is 5.28. The van der Waals surface area contributed by atoms with Crippen LogP contribution in [0.15, 0.2) is 89.9 Å². The zero-order valence-electron chi connectivity index (χ0n) is 17.5. The van der Waals surface area contributed by atoms with Crippen LogP contribution in [0.2, 0.25) is 0 Å². The van der Waals surface area contributed by atoms with Crippen molar-refractivity contribution in [2.24, 2.45) is 11.5 Å². The minimum absolute atomic E-state index is 0.00732. The molecule has 6 N–H and O–H groups in total. The van der Waals surface area contributed by atoms with E-state index in [2.05, 4.69) is 0 Å². The number of aromatic nitrogens is 2. The maximum Gasteiger partial charge on any atom is 0.329 e. The topological polar surface area (TPSA) is 127 Å². The van der Waals surface area contributed by atoms with Gasteiger partial charge in [-0.1, -0.05) is 66.7 Å². The van der Waals surface area contributed by atoms with E-state index >= 15 is 0 Å². The number of nitrogens with two attached hydrogens (primary N) is 2. The molecule has 0 unspecified atom stereocenters. The fourth-order valence-electron chi connectivity index (χ4n) is 3.69. The Morgan fingerprint density at radius 2 is 1.31 bits per heavy atom. The SMILES string of the molecule is N=C(N)c1cccc(Cn2cc(-c3ccccc3)n(Cc3cccc(C(=N)N)c3)c2=O)c1. The Morgan fingerprint density at radius 1 is 0.750 bits per heavy atom. The number of nitrogens with one attached hydrogen (secondary N) is 2. The Kier molecular flexibility index (Phi) is 5.72. The van der Waals surface area contributed by atoms with Crippen molar-refractivity contribution in [2.45, 2.75) is 13.1 Å². The number of benzene rings is 3. The summed E-state index contributed by atoms with van der Waals surface area (Å²) in [5, 5.41) is 15.3. The third kappa shape index (κ3) is 4.37. The first-order valence-electron chi connectivity index (χ1n) is 10.1. The summed E-state index contributed by atoms with van der Waals surface area (Å²) in [6.45, 7) is 0.713. The molecule has 0 aliphatic rings. The second-order valence-electron chi connectivity index (χ2n) is 7.61. The maximum atomic E-state index is 13.4. The summed E-state index contributed by atoms with van der Waals surface area (Å²) in [5.74, 6) is -0.0162. The van der Waals surface area contributed by atoms with Crippen molar-refractivity contribution in [1.29, 1.82) is 10.8 Å². The highest BCUT2D eigenvalue weighted by molar-refractivity contribution is 5.95. The average molecular weight is 425 g/mol. The molecule has 4 rings (SSSR count). The number of rotatable bonds is 7. The van der Waals surface area contributed by atoms with Gasteiger partial charge in [0.15, 0.2) is 0 Å². The van der Waals surface area contributed by atoms with Crippen LogP contribution < -0.4 is 17.2 Å². The highest BCUT2D eigenvalue weighted by atomic mass is 16.1. The molecule has 32 heavy (non-hydrogen) atoms. The standard InChI is InChI=1S/C25H24N6O/c26-23(27)20-10-4-6-17(12-20)14-30-16-22(19-8-2-1-3-9-19)31(25(30)32)15-18-7-5-11-21(13-18)24(28)29/h1-13,16H,14-15H2,(H3,26,27)(H3,28,29). The predicted molar refractivity (Wildman–Crippen MR) is 127 cm³/mol. The summed E-state index contributed by atoms with van der Waals surface area (Å²) >= 11 is 0. The summed E-state index contributed by atoms with van der Waals surface area (Å²) in [5.41, 5.74) is 15.9. The number of imidazole rings is 1. The number of nitrogens with zero attached hydrogens (tertiary/aromatic N) is 2. The van der Waals surface area contributed by atoms with E-state index in [9.17, 15) is 4.79 Å². The lowest BCUT2D eigenvalue weighted by Crippen LogP contribution is -2.25. The molecule has 0 fully saturated rings. The van der Waals surface area contributed by atoms with Gasteiger partial charge in [-0.25, -0.2) is 4.79 Å².